The van der Waals surface area contributed by atoms with Crippen LogP contribution in [0, 0.1) is 5.82 Å². The molecule has 2 heterocycles. The molecule has 0 radical (unpaired) electrons. The summed E-state index contributed by atoms with van der Waals surface area (Å²) >= 11 is 0. The maximum absolute atomic E-state index is 13.1. The lowest BCUT2D eigenvalue weighted by Gasteiger charge is -2.12. The zero-order valence-corrected chi connectivity index (χ0v) is 15.5. The Morgan fingerprint density at radius 3 is 2.61 bits per heavy atom. The number of hydrogen-bond acceptors (Lipinski definition) is 6. The van der Waals surface area contributed by atoms with E-state index in [0.717, 1.165) is 11.4 Å². The van der Waals surface area contributed by atoms with Crippen LogP contribution in [0.4, 0.5) is 4.39 Å². The Bertz CT molecular complexity index is 897. The van der Waals surface area contributed by atoms with Gasteiger partial charge < -0.3 is 24.8 Å². The van der Waals surface area contributed by atoms with E-state index in [2.05, 4.69) is 15.3 Å². The highest BCUT2D eigenvalue weighted by Gasteiger charge is 2.09. The summed E-state index contributed by atoms with van der Waals surface area (Å²) < 4.78 is 20.1. The first-order valence-corrected chi connectivity index (χ1v) is 8.85. The zero-order chi connectivity index (χ0) is 19.9. The number of methoxy groups -OCH3 is 1. The van der Waals surface area contributed by atoms with Crippen molar-refractivity contribution < 1.29 is 19.3 Å². The molecule has 7 nitrogen and oxygen atoms in total. The Morgan fingerprint density at radius 2 is 1.89 bits per heavy atom. The van der Waals surface area contributed by atoms with Gasteiger partial charge in [-0.3, -0.25) is 4.98 Å². The SMILES string of the molecule is COCc1cc(C(O)O)cc(CNCc2nccn2Cc2ccc(F)cc2)n1. The van der Waals surface area contributed by atoms with E-state index in [4.69, 9.17) is 4.74 Å². The predicted octanol–water partition coefficient (Wildman–Crippen LogP) is 1.88. The first kappa shape index (κ1) is 20.1. The standard InChI is InChI=1S/C20H23FN4O3/c1-28-13-18-9-15(20(26)27)8-17(24-18)10-22-11-19-23-6-7-25(19)12-14-2-4-16(21)5-3-14/h2-9,20,22,26-27H,10-13H2,1H3. The first-order valence-electron chi connectivity index (χ1n) is 8.85. The molecule has 0 aliphatic rings. The summed E-state index contributed by atoms with van der Waals surface area (Å²) in [6.07, 6.45) is 2.03. The highest BCUT2D eigenvalue weighted by Crippen LogP contribution is 2.14. The summed E-state index contributed by atoms with van der Waals surface area (Å²) in [5.41, 5.74) is 2.66. The Balaban J connectivity index is 1.62. The normalized spacial score (nSPS) is 11.3. The second-order valence-electron chi connectivity index (χ2n) is 6.39. The molecular weight excluding hydrogens is 363 g/mol. The monoisotopic (exact) mass is 386 g/mol. The minimum Gasteiger partial charge on any atom is -0.378 e. The quantitative estimate of drug-likeness (QED) is 0.487. The van der Waals surface area contributed by atoms with Crippen LogP contribution in [0.1, 0.15) is 34.6 Å². The maximum atomic E-state index is 13.1. The topological polar surface area (TPSA) is 92.4 Å². The summed E-state index contributed by atoms with van der Waals surface area (Å²) in [5.74, 6) is 0.576. The number of aliphatic hydroxyl groups is 2. The number of aliphatic hydroxyl groups excluding tert-OH is 1. The first-order chi connectivity index (χ1) is 13.5. The van der Waals surface area contributed by atoms with Gasteiger partial charge in [-0.1, -0.05) is 12.1 Å². The van der Waals surface area contributed by atoms with E-state index >= 15 is 0 Å². The van der Waals surface area contributed by atoms with Crippen molar-refractivity contribution in [2.45, 2.75) is 32.5 Å². The Kier molecular flexibility index (Phi) is 6.83. The average molecular weight is 386 g/mol. The van der Waals surface area contributed by atoms with Crippen molar-refractivity contribution in [2.75, 3.05) is 7.11 Å². The summed E-state index contributed by atoms with van der Waals surface area (Å²) in [6.45, 7) is 1.82. The third-order valence-corrected chi connectivity index (χ3v) is 4.20. The van der Waals surface area contributed by atoms with Gasteiger partial charge in [-0.05, 0) is 29.8 Å². The van der Waals surface area contributed by atoms with E-state index in [-0.39, 0.29) is 12.4 Å². The molecule has 0 saturated heterocycles. The summed E-state index contributed by atoms with van der Waals surface area (Å²) in [7, 11) is 1.56. The van der Waals surface area contributed by atoms with Crippen LogP contribution in [-0.4, -0.2) is 31.9 Å². The minimum absolute atomic E-state index is 0.258. The Hall–Kier alpha value is -2.65. The van der Waals surface area contributed by atoms with Crippen LogP contribution in [0.5, 0.6) is 0 Å². The van der Waals surface area contributed by atoms with Gasteiger partial charge in [0.1, 0.15) is 11.6 Å². The predicted molar refractivity (Wildman–Crippen MR) is 100 cm³/mol. The second kappa shape index (κ2) is 9.52. The molecule has 3 aromatic rings. The molecule has 0 aliphatic carbocycles. The van der Waals surface area contributed by atoms with Gasteiger partial charge in [0.15, 0.2) is 6.29 Å². The van der Waals surface area contributed by atoms with E-state index in [0.29, 0.717) is 36.6 Å². The summed E-state index contributed by atoms with van der Waals surface area (Å²) in [6, 6.07) is 9.62. The molecule has 3 rings (SSSR count). The highest BCUT2D eigenvalue weighted by atomic mass is 19.1. The lowest BCUT2D eigenvalue weighted by atomic mass is 10.2. The van der Waals surface area contributed by atoms with E-state index in [1.165, 1.54) is 12.1 Å². The van der Waals surface area contributed by atoms with Gasteiger partial charge in [0.05, 0.1) is 24.5 Å². The van der Waals surface area contributed by atoms with Crippen LogP contribution < -0.4 is 5.32 Å². The molecule has 28 heavy (non-hydrogen) atoms. The highest BCUT2D eigenvalue weighted by molar-refractivity contribution is 5.22. The van der Waals surface area contributed by atoms with Crippen LogP contribution in [0.2, 0.25) is 0 Å². The smallest absolute Gasteiger partial charge is 0.178 e. The molecule has 0 amide bonds. The van der Waals surface area contributed by atoms with Gasteiger partial charge in [0.25, 0.3) is 0 Å². The lowest BCUT2D eigenvalue weighted by molar-refractivity contribution is -0.0427. The van der Waals surface area contributed by atoms with Crippen molar-refractivity contribution in [1.29, 1.82) is 0 Å². The number of benzene rings is 1. The maximum Gasteiger partial charge on any atom is 0.178 e. The second-order valence-corrected chi connectivity index (χ2v) is 6.39. The summed E-state index contributed by atoms with van der Waals surface area (Å²) in [5, 5.41) is 22.1. The molecule has 0 unspecified atom stereocenters. The summed E-state index contributed by atoms with van der Waals surface area (Å²) in [4.78, 5) is 8.81. The largest absolute Gasteiger partial charge is 0.378 e. The third-order valence-electron chi connectivity index (χ3n) is 4.20. The lowest BCUT2D eigenvalue weighted by Crippen LogP contribution is -2.18. The number of halogens is 1. The molecule has 3 N–H and O–H groups in total. The van der Waals surface area contributed by atoms with Gasteiger partial charge in [0.2, 0.25) is 0 Å². The number of rotatable bonds is 9. The molecule has 1 aromatic carbocycles. The minimum atomic E-state index is -1.56. The van der Waals surface area contributed by atoms with Crippen molar-refractivity contribution in [3.05, 3.63) is 82.9 Å². The van der Waals surface area contributed by atoms with Crippen LogP contribution in [0.3, 0.4) is 0 Å². The number of nitrogens with one attached hydrogen (secondary N) is 1. The number of nitrogens with zero attached hydrogens (tertiary/aromatic N) is 3. The number of aromatic nitrogens is 3. The van der Waals surface area contributed by atoms with Crippen molar-refractivity contribution in [1.82, 2.24) is 19.9 Å². The van der Waals surface area contributed by atoms with Gasteiger partial charge >= 0.3 is 0 Å². The zero-order valence-electron chi connectivity index (χ0n) is 15.5. The van der Waals surface area contributed by atoms with Crippen molar-refractivity contribution in [2.24, 2.45) is 0 Å². The molecule has 0 aliphatic heterocycles. The fourth-order valence-corrected chi connectivity index (χ4v) is 2.88. The third kappa shape index (κ3) is 5.43. The van der Waals surface area contributed by atoms with Gasteiger partial charge in [-0.2, -0.15) is 0 Å². The van der Waals surface area contributed by atoms with E-state index in [9.17, 15) is 14.6 Å². The van der Waals surface area contributed by atoms with E-state index in [1.54, 1.807) is 37.6 Å². The molecule has 0 fully saturated rings. The molecule has 148 valence electrons. The molecule has 2 aromatic heterocycles. The Labute approximate surface area is 162 Å². The number of imidazole rings is 1. The van der Waals surface area contributed by atoms with E-state index in [1.807, 2.05) is 10.8 Å². The molecule has 0 atom stereocenters. The molecule has 0 bridgehead atoms. The van der Waals surface area contributed by atoms with Crippen molar-refractivity contribution in [3.63, 3.8) is 0 Å². The number of ether oxygens (including phenoxy) is 1. The fourth-order valence-electron chi connectivity index (χ4n) is 2.88. The Morgan fingerprint density at radius 1 is 1.14 bits per heavy atom. The average Bonchev–Trinajstić information content (AvgIpc) is 3.11. The molecule has 8 heteroatoms. The van der Waals surface area contributed by atoms with Crippen molar-refractivity contribution in [3.8, 4) is 0 Å². The van der Waals surface area contributed by atoms with Gasteiger partial charge in [-0.25, -0.2) is 9.37 Å². The molecule has 0 saturated carbocycles. The number of hydrogen-bond donors (Lipinski definition) is 3. The number of pyridine rings is 1. The molecular formula is C20H23FN4O3. The van der Waals surface area contributed by atoms with Crippen LogP contribution >= 0.6 is 0 Å². The van der Waals surface area contributed by atoms with Crippen molar-refractivity contribution >= 4 is 0 Å². The van der Waals surface area contributed by atoms with Gasteiger partial charge in [-0.15, -0.1) is 0 Å². The van der Waals surface area contributed by atoms with Crippen LogP contribution in [0.15, 0.2) is 48.8 Å². The van der Waals surface area contributed by atoms with Crippen LogP contribution in [0.25, 0.3) is 0 Å². The van der Waals surface area contributed by atoms with E-state index < -0.39 is 6.29 Å². The fraction of sp³-hybridized carbons (Fsp3) is 0.300. The molecule has 0 spiro atoms. The van der Waals surface area contributed by atoms with Crippen LogP contribution in [-0.2, 0) is 31.0 Å². The van der Waals surface area contributed by atoms with Gasteiger partial charge in [0, 0.05) is 38.2 Å².